The van der Waals surface area contributed by atoms with E-state index in [-0.39, 0.29) is 18.0 Å². The molecule has 1 saturated heterocycles. The molecule has 1 heterocycles. The molecule has 1 aromatic rings. The van der Waals surface area contributed by atoms with Crippen LogP contribution in [-0.2, 0) is 11.2 Å². The highest BCUT2D eigenvalue weighted by atomic mass is 19.3. The molecule has 1 amide bonds. The molecule has 0 aromatic heterocycles. The first-order chi connectivity index (χ1) is 13.7. The number of aromatic carboxylic acids is 1. The van der Waals surface area contributed by atoms with E-state index in [9.17, 15) is 23.5 Å². The van der Waals surface area contributed by atoms with Crippen LogP contribution in [-0.4, -0.2) is 51.6 Å². The van der Waals surface area contributed by atoms with Crippen molar-refractivity contribution in [2.45, 2.75) is 51.2 Å². The minimum Gasteiger partial charge on any atom is -0.478 e. The summed E-state index contributed by atoms with van der Waals surface area (Å²) in [5.74, 6) is -0.252. The average molecular weight is 405 g/mol. The van der Waals surface area contributed by atoms with Crippen molar-refractivity contribution in [3.05, 3.63) is 47.5 Å². The molecule has 0 saturated carbocycles. The van der Waals surface area contributed by atoms with Gasteiger partial charge in [-0.05, 0) is 37.0 Å². The van der Waals surface area contributed by atoms with E-state index in [4.69, 9.17) is 5.11 Å². The highest BCUT2D eigenvalue weighted by molar-refractivity contribution is 5.87. The maximum Gasteiger partial charge on any atom is 0.335 e. The molecule has 29 heavy (non-hydrogen) atoms. The lowest BCUT2D eigenvalue weighted by Gasteiger charge is -2.22. The monoisotopic (exact) mass is 405 g/mol. The fourth-order valence-corrected chi connectivity index (χ4v) is 3.14. The highest BCUT2D eigenvalue weighted by Crippen LogP contribution is 2.34. The van der Waals surface area contributed by atoms with Gasteiger partial charge in [-0.25, -0.2) is 4.79 Å². The third-order valence-electron chi connectivity index (χ3n) is 5.00. The summed E-state index contributed by atoms with van der Waals surface area (Å²) in [6, 6.07) is 5.27. The molecule has 1 aliphatic heterocycles. The lowest BCUT2D eigenvalue weighted by atomic mass is 10.00. The van der Waals surface area contributed by atoms with Gasteiger partial charge >= 0.3 is 11.9 Å². The Morgan fingerprint density at radius 1 is 1.38 bits per heavy atom. The van der Waals surface area contributed by atoms with E-state index >= 15 is 0 Å². The van der Waals surface area contributed by atoms with Gasteiger partial charge in [-0.15, -0.1) is 11.8 Å². The number of carbonyl (C=O) groups excluding carboxylic acids is 1. The second-order valence-electron chi connectivity index (χ2n) is 7.21. The molecule has 156 valence electrons. The number of likely N-dealkylation sites (tertiary alicyclic amines) is 1. The van der Waals surface area contributed by atoms with Crippen molar-refractivity contribution in [2.75, 3.05) is 6.54 Å². The average Bonchev–Trinajstić information content (AvgIpc) is 2.91. The van der Waals surface area contributed by atoms with Crippen LogP contribution in [0.1, 0.15) is 42.6 Å². The Bertz CT molecular complexity index is 823. The maximum absolute atomic E-state index is 14.0. The SMILES string of the molecule is CC#CCC(C)[C@H](O)/C=C/C1CC(F)(F)C(=O)N1CCc1ccc(C(=O)O)cc1. The number of carboxylic acid groups (broad SMARTS) is 1. The molecule has 2 unspecified atom stereocenters. The number of alkyl halides is 2. The number of hydrogen-bond donors (Lipinski definition) is 2. The molecule has 1 fully saturated rings. The first-order valence-corrected chi connectivity index (χ1v) is 9.43. The van der Waals surface area contributed by atoms with Crippen LogP contribution in [0.4, 0.5) is 8.78 Å². The normalized spacial score (nSPS) is 20.4. The quantitative estimate of drug-likeness (QED) is 0.515. The summed E-state index contributed by atoms with van der Waals surface area (Å²) >= 11 is 0. The Kier molecular flexibility index (Phi) is 7.52. The van der Waals surface area contributed by atoms with E-state index in [0.717, 1.165) is 10.5 Å². The molecular formula is C22H25F2NO4. The predicted octanol–water partition coefficient (Wildman–Crippen LogP) is 3.13. The summed E-state index contributed by atoms with van der Waals surface area (Å²) in [6.45, 7) is 3.59. The Balaban J connectivity index is 2.06. The van der Waals surface area contributed by atoms with E-state index < -0.39 is 36.4 Å². The fraction of sp³-hybridized carbons (Fsp3) is 0.455. The number of aliphatic hydroxyl groups excluding tert-OH is 1. The molecule has 7 heteroatoms. The minimum atomic E-state index is -3.44. The molecule has 0 radical (unpaired) electrons. The number of rotatable bonds is 8. The van der Waals surface area contributed by atoms with Crippen molar-refractivity contribution in [2.24, 2.45) is 5.92 Å². The third kappa shape index (κ3) is 5.88. The van der Waals surface area contributed by atoms with Crippen molar-refractivity contribution in [1.82, 2.24) is 4.90 Å². The number of nitrogens with zero attached hydrogens (tertiary/aromatic N) is 1. The molecule has 3 atom stereocenters. The Morgan fingerprint density at radius 2 is 2.03 bits per heavy atom. The Hall–Kier alpha value is -2.72. The zero-order valence-corrected chi connectivity index (χ0v) is 16.4. The molecule has 2 rings (SSSR count). The standard InChI is InChI=1S/C22H25F2NO4/c1-3-4-5-15(2)19(26)11-10-18-14-22(23,24)21(29)25(18)13-12-16-6-8-17(9-7-16)20(27)28/h6-11,15,18-19,26H,5,12-14H2,1-2H3,(H,27,28)/b11-10+/t15?,18?,19-/m1/s1. The number of carboxylic acids is 1. The number of halogens is 2. The zero-order valence-electron chi connectivity index (χ0n) is 16.4. The van der Waals surface area contributed by atoms with Crippen LogP contribution < -0.4 is 0 Å². The van der Waals surface area contributed by atoms with Crippen molar-refractivity contribution in [3.63, 3.8) is 0 Å². The lowest BCUT2D eigenvalue weighted by molar-refractivity contribution is -0.148. The van der Waals surface area contributed by atoms with E-state index in [0.29, 0.717) is 12.8 Å². The van der Waals surface area contributed by atoms with Gasteiger partial charge < -0.3 is 15.1 Å². The highest BCUT2D eigenvalue weighted by Gasteiger charge is 2.52. The van der Waals surface area contributed by atoms with Crippen LogP contribution in [0.2, 0.25) is 0 Å². The second kappa shape index (κ2) is 9.66. The topological polar surface area (TPSA) is 77.8 Å². The van der Waals surface area contributed by atoms with Crippen LogP contribution >= 0.6 is 0 Å². The summed E-state index contributed by atoms with van der Waals surface area (Å²) in [7, 11) is 0. The number of carbonyl (C=O) groups is 2. The predicted molar refractivity (Wildman–Crippen MR) is 105 cm³/mol. The van der Waals surface area contributed by atoms with Crippen molar-refractivity contribution in [1.29, 1.82) is 0 Å². The number of amides is 1. The van der Waals surface area contributed by atoms with Gasteiger partial charge in [0.15, 0.2) is 0 Å². The maximum atomic E-state index is 14.0. The Labute approximate surface area is 169 Å². The van der Waals surface area contributed by atoms with Gasteiger partial charge in [-0.3, -0.25) is 4.79 Å². The van der Waals surface area contributed by atoms with Gasteiger partial charge in [0.25, 0.3) is 5.91 Å². The molecule has 5 nitrogen and oxygen atoms in total. The van der Waals surface area contributed by atoms with Crippen molar-refractivity contribution < 1.29 is 28.6 Å². The number of aliphatic hydroxyl groups is 1. The van der Waals surface area contributed by atoms with Crippen molar-refractivity contribution >= 4 is 11.9 Å². The van der Waals surface area contributed by atoms with Crippen LogP contribution in [0.3, 0.4) is 0 Å². The van der Waals surface area contributed by atoms with Crippen LogP contribution in [0, 0.1) is 17.8 Å². The molecule has 0 spiro atoms. The van der Waals surface area contributed by atoms with Crippen LogP contribution in [0.5, 0.6) is 0 Å². The summed E-state index contributed by atoms with van der Waals surface area (Å²) in [5.41, 5.74) is 0.877. The van der Waals surface area contributed by atoms with Crippen LogP contribution in [0.15, 0.2) is 36.4 Å². The number of hydrogen-bond acceptors (Lipinski definition) is 3. The zero-order chi connectivity index (χ0) is 21.6. The van der Waals surface area contributed by atoms with Gasteiger partial charge in [0, 0.05) is 19.4 Å². The third-order valence-corrected chi connectivity index (χ3v) is 5.00. The van der Waals surface area contributed by atoms with Gasteiger partial charge in [-0.2, -0.15) is 8.78 Å². The molecule has 1 aromatic carbocycles. The van der Waals surface area contributed by atoms with Crippen molar-refractivity contribution in [3.8, 4) is 11.8 Å². The van der Waals surface area contributed by atoms with E-state index in [1.165, 1.54) is 24.3 Å². The van der Waals surface area contributed by atoms with Gasteiger partial charge in [0.2, 0.25) is 0 Å². The van der Waals surface area contributed by atoms with E-state index in [1.807, 2.05) is 6.92 Å². The Morgan fingerprint density at radius 3 is 2.62 bits per heavy atom. The molecule has 0 bridgehead atoms. The van der Waals surface area contributed by atoms with Crippen LogP contribution in [0.25, 0.3) is 0 Å². The van der Waals surface area contributed by atoms with E-state index in [1.54, 1.807) is 19.1 Å². The van der Waals surface area contributed by atoms with E-state index in [2.05, 4.69) is 11.8 Å². The summed E-state index contributed by atoms with van der Waals surface area (Å²) in [5, 5.41) is 19.1. The summed E-state index contributed by atoms with van der Waals surface area (Å²) < 4.78 is 28.0. The first kappa shape index (κ1) is 22.6. The summed E-state index contributed by atoms with van der Waals surface area (Å²) in [6.07, 6.45) is 2.25. The molecule has 1 aliphatic rings. The molecule has 0 aliphatic carbocycles. The second-order valence-corrected chi connectivity index (χ2v) is 7.21. The largest absolute Gasteiger partial charge is 0.478 e. The number of benzene rings is 1. The lowest BCUT2D eigenvalue weighted by Crippen LogP contribution is -2.37. The fourth-order valence-electron chi connectivity index (χ4n) is 3.14. The summed E-state index contributed by atoms with van der Waals surface area (Å²) in [4.78, 5) is 24.1. The smallest absolute Gasteiger partial charge is 0.335 e. The first-order valence-electron chi connectivity index (χ1n) is 9.43. The van der Waals surface area contributed by atoms with Gasteiger partial charge in [0.1, 0.15) is 0 Å². The van der Waals surface area contributed by atoms with Gasteiger partial charge in [-0.1, -0.05) is 31.2 Å². The van der Waals surface area contributed by atoms with Gasteiger partial charge in [0.05, 0.1) is 17.7 Å². The molecule has 2 N–H and O–H groups in total. The minimum absolute atomic E-state index is 0.0722. The molecular weight excluding hydrogens is 380 g/mol.